The summed E-state index contributed by atoms with van der Waals surface area (Å²) in [4.78, 5) is 11.8. The lowest BCUT2D eigenvalue weighted by atomic mass is 10.1. The zero-order valence-corrected chi connectivity index (χ0v) is 11.2. The average Bonchev–Trinajstić information content (AvgIpc) is 2.90. The van der Waals surface area contributed by atoms with Crippen molar-refractivity contribution in [2.45, 2.75) is 25.8 Å². The quantitative estimate of drug-likeness (QED) is 0.913. The maximum absolute atomic E-state index is 11.8. The summed E-state index contributed by atoms with van der Waals surface area (Å²) in [5.74, 6) is 0.656. The van der Waals surface area contributed by atoms with Gasteiger partial charge in [-0.15, -0.1) is 10.2 Å². The number of carbonyl (C=O) groups is 1. The first kappa shape index (κ1) is 13.5. The number of nitrogens with zero attached hydrogens (tertiary/aromatic N) is 2. The van der Waals surface area contributed by atoms with Gasteiger partial charge in [0.05, 0.1) is 6.26 Å². The van der Waals surface area contributed by atoms with E-state index in [1.54, 1.807) is 12.3 Å². The summed E-state index contributed by atoms with van der Waals surface area (Å²) in [6.45, 7) is 1.93. The molecule has 0 aliphatic rings. The highest BCUT2D eigenvalue weighted by Crippen LogP contribution is 2.07. The van der Waals surface area contributed by atoms with Crippen molar-refractivity contribution in [1.29, 1.82) is 0 Å². The number of nitrogens with one attached hydrogen (secondary N) is 1. The van der Waals surface area contributed by atoms with Crippen molar-refractivity contribution in [1.82, 2.24) is 15.5 Å². The van der Waals surface area contributed by atoms with Crippen molar-refractivity contribution in [3.63, 3.8) is 0 Å². The lowest BCUT2D eigenvalue weighted by Crippen LogP contribution is -2.33. The number of amides is 1. The van der Waals surface area contributed by atoms with E-state index in [1.165, 1.54) is 6.07 Å². The van der Waals surface area contributed by atoms with E-state index in [1.807, 2.05) is 19.1 Å². The summed E-state index contributed by atoms with van der Waals surface area (Å²) in [5, 5.41) is 10.5. The van der Waals surface area contributed by atoms with E-state index in [0.717, 1.165) is 18.6 Å². The highest BCUT2D eigenvalue weighted by Gasteiger charge is 2.12. The maximum Gasteiger partial charge on any atom is 0.272 e. The van der Waals surface area contributed by atoms with Crippen molar-refractivity contribution in [3.8, 4) is 0 Å². The van der Waals surface area contributed by atoms with Crippen molar-refractivity contribution in [2.24, 2.45) is 0 Å². The molecule has 1 unspecified atom stereocenters. The van der Waals surface area contributed by atoms with Gasteiger partial charge < -0.3 is 9.73 Å². The van der Waals surface area contributed by atoms with Gasteiger partial charge in [-0.25, -0.2) is 0 Å². The van der Waals surface area contributed by atoms with E-state index in [-0.39, 0.29) is 22.8 Å². The van der Waals surface area contributed by atoms with Crippen LogP contribution >= 0.6 is 11.6 Å². The predicted molar refractivity (Wildman–Crippen MR) is 71.0 cm³/mol. The van der Waals surface area contributed by atoms with Gasteiger partial charge >= 0.3 is 0 Å². The molecule has 2 heterocycles. The van der Waals surface area contributed by atoms with Crippen molar-refractivity contribution >= 4 is 17.5 Å². The highest BCUT2D eigenvalue weighted by atomic mass is 35.5. The molecule has 2 aromatic heterocycles. The Morgan fingerprint density at radius 2 is 2.26 bits per heavy atom. The second-order valence-electron chi connectivity index (χ2n) is 4.23. The van der Waals surface area contributed by atoms with Crippen LogP contribution in [-0.2, 0) is 6.42 Å². The number of rotatable bonds is 5. The molecular weight excluding hydrogens is 266 g/mol. The maximum atomic E-state index is 11.8. The van der Waals surface area contributed by atoms with Gasteiger partial charge in [-0.1, -0.05) is 11.6 Å². The van der Waals surface area contributed by atoms with Crippen LogP contribution in [-0.4, -0.2) is 22.1 Å². The number of hydrogen-bond donors (Lipinski definition) is 1. The predicted octanol–water partition coefficient (Wildman–Crippen LogP) is 2.47. The van der Waals surface area contributed by atoms with Gasteiger partial charge in [-0.3, -0.25) is 4.79 Å². The Labute approximate surface area is 116 Å². The van der Waals surface area contributed by atoms with Gasteiger partial charge in [0, 0.05) is 12.5 Å². The van der Waals surface area contributed by atoms with E-state index >= 15 is 0 Å². The largest absolute Gasteiger partial charge is 0.469 e. The van der Waals surface area contributed by atoms with E-state index in [9.17, 15) is 4.79 Å². The minimum absolute atomic E-state index is 0.0232. The minimum atomic E-state index is -0.254. The van der Waals surface area contributed by atoms with E-state index < -0.39 is 0 Å². The lowest BCUT2D eigenvalue weighted by molar-refractivity contribution is 0.0932. The topological polar surface area (TPSA) is 68.0 Å². The van der Waals surface area contributed by atoms with Gasteiger partial charge in [-0.2, -0.15) is 0 Å². The molecule has 19 heavy (non-hydrogen) atoms. The molecule has 1 amide bonds. The summed E-state index contributed by atoms with van der Waals surface area (Å²) < 4.78 is 5.24. The van der Waals surface area contributed by atoms with Crippen LogP contribution in [0, 0.1) is 0 Å². The fourth-order valence-corrected chi connectivity index (χ4v) is 1.72. The summed E-state index contributed by atoms with van der Waals surface area (Å²) >= 11 is 5.61. The van der Waals surface area contributed by atoms with E-state index in [0.29, 0.717) is 0 Å². The molecule has 0 spiro atoms. The number of furan rings is 1. The first-order chi connectivity index (χ1) is 9.15. The van der Waals surface area contributed by atoms with Gasteiger partial charge in [0.15, 0.2) is 10.8 Å². The molecule has 2 aromatic rings. The second-order valence-corrected chi connectivity index (χ2v) is 4.62. The van der Waals surface area contributed by atoms with Crippen molar-refractivity contribution in [2.75, 3.05) is 0 Å². The van der Waals surface area contributed by atoms with Crippen molar-refractivity contribution in [3.05, 3.63) is 47.1 Å². The molecule has 6 heteroatoms. The molecule has 5 nitrogen and oxygen atoms in total. The zero-order chi connectivity index (χ0) is 13.7. The van der Waals surface area contributed by atoms with Crippen LogP contribution in [0.4, 0.5) is 0 Å². The molecule has 1 N–H and O–H groups in total. The molecule has 0 bridgehead atoms. The van der Waals surface area contributed by atoms with Crippen LogP contribution < -0.4 is 5.32 Å². The highest BCUT2D eigenvalue weighted by molar-refractivity contribution is 6.29. The summed E-state index contributed by atoms with van der Waals surface area (Å²) in [6.07, 6.45) is 3.21. The fraction of sp³-hybridized carbons (Fsp3) is 0.308. The van der Waals surface area contributed by atoms with Gasteiger partial charge in [0.25, 0.3) is 5.91 Å². The Hall–Kier alpha value is -1.88. The molecule has 0 saturated carbocycles. The third-order valence-electron chi connectivity index (χ3n) is 2.65. The van der Waals surface area contributed by atoms with Crippen molar-refractivity contribution < 1.29 is 9.21 Å². The number of halogens is 1. The molecule has 0 saturated heterocycles. The Morgan fingerprint density at radius 1 is 1.42 bits per heavy atom. The summed E-state index contributed by atoms with van der Waals surface area (Å²) in [5.41, 5.74) is 0.259. The van der Waals surface area contributed by atoms with Gasteiger partial charge in [0.2, 0.25) is 0 Å². The lowest BCUT2D eigenvalue weighted by Gasteiger charge is -2.12. The normalized spacial score (nSPS) is 12.1. The Kier molecular flexibility index (Phi) is 4.52. The molecule has 0 radical (unpaired) electrons. The molecule has 1 atom stereocenters. The molecule has 0 fully saturated rings. The smallest absolute Gasteiger partial charge is 0.272 e. The molecule has 0 aliphatic heterocycles. The SMILES string of the molecule is CC(CCc1ccco1)NC(=O)c1ccc(Cl)nn1. The average molecular weight is 280 g/mol. The standard InChI is InChI=1S/C13H14ClN3O2/c1-9(4-5-10-3-2-8-19-10)15-13(18)11-6-7-12(14)17-16-11/h2-3,6-9H,4-5H2,1H3,(H,15,18). The Balaban J connectivity index is 1.83. The van der Waals surface area contributed by atoms with Crippen LogP contribution in [0.3, 0.4) is 0 Å². The number of aryl methyl sites for hydroxylation is 1. The third kappa shape index (κ3) is 4.06. The van der Waals surface area contributed by atoms with E-state index in [2.05, 4.69) is 15.5 Å². The Morgan fingerprint density at radius 3 is 2.89 bits per heavy atom. The van der Waals surface area contributed by atoms with Crippen LogP contribution in [0.15, 0.2) is 34.9 Å². The van der Waals surface area contributed by atoms with Gasteiger partial charge in [-0.05, 0) is 37.6 Å². The van der Waals surface area contributed by atoms with Crippen LogP contribution in [0.25, 0.3) is 0 Å². The van der Waals surface area contributed by atoms with Gasteiger partial charge in [0.1, 0.15) is 5.76 Å². The number of carbonyl (C=O) groups excluding carboxylic acids is 1. The van der Waals surface area contributed by atoms with Crippen LogP contribution in [0.5, 0.6) is 0 Å². The molecule has 0 aliphatic carbocycles. The third-order valence-corrected chi connectivity index (χ3v) is 2.85. The molecule has 2 rings (SSSR count). The molecule has 0 aromatic carbocycles. The first-order valence-corrected chi connectivity index (χ1v) is 6.35. The first-order valence-electron chi connectivity index (χ1n) is 5.97. The second kappa shape index (κ2) is 6.33. The van der Waals surface area contributed by atoms with E-state index in [4.69, 9.17) is 16.0 Å². The number of aromatic nitrogens is 2. The number of hydrogen-bond acceptors (Lipinski definition) is 4. The summed E-state index contributed by atoms with van der Waals surface area (Å²) in [6, 6.07) is 6.87. The minimum Gasteiger partial charge on any atom is -0.469 e. The summed E-state index contributed by atoms with van der Waals surface area (Å²) in [7, 11) is 0. The monoisotopic (exact) mass is 279 g/mol. The Bertz CT molecular complexity index is 525. The fourth-order valence-electron chi connectivity index (χ4n) is 1.62. The van der Waals surface area contributed by atoms with Crippen LogP contribution in [0.2, 0.25) is 5.15 Å². The zero-order valence-electron chi connectivity index (χ0n) is 10.5. The molecular formula is C13H14ClN3O2. The van der Waals surface area contributed by atoms with Crippen LogP contribution in [0.1, 0.15) is 29.6 Å². The molecule has 100 valence electrons.